The van der Waals surface area contributed by atoms with E-state index in [1.54, 1.807) is 14.2 Å². The van der Waals surface area contributed by atoms with Crippen molar-refractivity contribution in [1.82, 2.24) is 16.0 Å². The molecule has 1 aromatic rings. The van der Waals surface area contributed by atoms with E-state index in [-0.39, 0.29) is 29.9 Å². The molecule has 7 heteroatoms. The number of benzene rings is 1. The van der Waals surface area contributed by atoms with Crippen LogP contribution in [-0.4, -0.2) is 45.7 Å². The van der Waals surface area contributed by atoms with Crippen LogP contribution in [-0.2, 0) is 11.3 Å². The quantitative estimate of drug-likeness (QED) is 0.252. The van der Waals surface area contributed by atoms with Crippen LogP contribution >= 0.6 is 24.0 Å². The molecule has 0 spiro atoms. The molecule has 3 N–H and O–H groups in total. The predicted octanol–water partition coefficient (Wildman–Crippen LogP) is 3.71. The lowest BCUT2D eigenvalue weighted by atomic mass is 9.83. The van der Waals surface area contributed by atoms with E-state index < -0.39 is 0 Å². The SMILES string of the molecule is CCCNC(=O)c1cccc(CNC(=NC)NCC2(CCOC)CCCC2)c1.I. The van der Waals surface area contributed by atoms with Crippen LogP contribution in [0.15, 0.2) is 29.3 Å². The number of nitrogens with zero attached hydrogens (tertiary/aromatic N) is 1. The molecule has 0 aromatic heterocycles. The van der Waals surface area contributed by atoms with Crippen LogP contribution in [0, 0.1) is 5.41 Å². The summed E-state index contributed by atoms with van der Waals surface area (Å²) in [5, 5.41) is 9.79. The zero-order valence-electron chi connectivity index (χ0n) is 18.1. The summed E-state index contributed by atoms with van der Waals surface area (Å²) >= 11 is 0. The molecule has 6 nitrogen and oxygen atoms in total. The third-order valence-corrected chi connectivity index (χ3v) is 5.54. The van der Waals surface area contributed by atoms with Gasteiger partial charge in [0, 0.05) is 46.0 Å². The molecule has 1 aromatic carbocycles. The van der Waals surface area contributed by atoms with Gasteiger partial charge in [0.1, 0.15) is 0 Å². The van der Waals surface area contributed by atoms with Crippen molar-refractivity contribution in [3.8, 4) is 0 Å². The molecule has 0 bridgehead atoms. The molecule has 1 amide bonds. The van der Waals surface area contributed by atoms with Crippen LogP contribution in [0.5, 0.6) is 0 Å². The number of nitrogens with one attached hydrogen (secondary N) is 3. The monoisotopic (exact) mass is 516 g/mol. The summed E-state index contributed by atoms with van der Waals surface area (Å²) in [5.74, 6) is 0.775. The van der Waals surface area contributed by atoms with Gasteiger partial charge in [-0.25, -0.2) is 0 Å². The first kappa shape index (κ1) is 25.7. The molecule has 0 aliphatic heterocycles. The Morgan fingerprint density at radius 3 is 2.62 bits per heavy atom. The smallest absolute Gasteiger partial charge is 0.251 e. The summed E-state index contributed by atoms with van der Waals surface area (Å²) in [5.41, 5.74) is 2.06. The minimum absolute atomic E-state index is 0. The van der Waals surface area contributed by atoms with Gasteiger partial charge in [0.15, 0.2) is 5.96 Å². The van der Waals surface area contributed by atoms with E-state index >= 15 is 0 Å². The van der Waals surface area contributed by atoms with Crippen molar-refractivity contribution in [2.75, 3.05) is 33.9 Å². The lowest BCUT2D eigenvalue weighted by molar-refractivity contribution is 0.0953. The van der Waals surface area contributed by atoms with Gasteiger partial charge in [-0.2, -0.15) is 0 Å². The normalized spacial score (nSPS) is 15.5. The van der Waals surface area contributed by atoms with E-state index in [1.165, 1.54) is 25.7 Å². The minimum Gasteiger partial charge on any atom is -0.385 e. The molecule has 0 heterocycles. The number of halogens is 1. The van der Waals surface area contributed by atoms with Gasteiger partial charge in [-0.3, -0.25) is 9.79 Å². The van der Waals surface area contributed by atoms with Gasteiger partial charge in [-0.15, -0.1) is 24.0 Å². The number of rotatable bonds is 10. The predicted molar refractivity (Wildman–Crippen MR) is 130 cm³/mol. The number of hydrogen-bond donors (Lipinski definition) is 3. The second-order valence-electron chi connectivity index (χ2n) is 7.69. The number of guanidine groups is 1. The first-order valence-electron chi connectivity index (χ1n) is 10.4. The van der Waals surface area contributed by atoms with Gasteiger partial charge in [-0.05, 0) is 48.8 Å². The lowest BCUT2D eigenvalue weighted by Crippen LogP contribution is -2.43. The molecule has 0 unspecified atom stereocenters. The second-order valence-corrected chi connectivity index (χ2v) is 7.69. The van der Waals surface area contributed by atoms with Gasteiger partial charge in [0.05, 0.1) is 0 Å². The molecule has 2 rings (SSSR count). The highest BCUT2D eigenvalue weighted by Gasteiger charge is 2.33. The summed E-state index contributed by atoms with van der Waals surface area (Å²) in [6.45, 7) is 5.09. The van der Waals surface area contributed by atoms with E-state index in [4.69, 9.17) is 4.74 Å². The van der Waals surface area contributed by atoms with Gasteiger partial charge in [0.2, 0.25) is 0 Å². The summed E-state index contributed by atoms with van der Waals surface area (Å²) in [4.78, 5) is 16.5. The van der Waals surface area contributed by atoms with E-state index in [9.17, 15) is 4.79 Å². The Kier molecular flexibility index (Phi) is 12.2. The van der Waals surface area contributed by atoms with E-state index in [0.717, 1.165) is 37.5 Å². The number of carbonyl (C=O) groups is 1. The average Bonchev–Trinajstić information content (AvgIpc) is 3.20. The van der Waals surface area contributed by atoms with E-state index in [1.807, 2.05) is 31.2 Å². The minimum atomic E-state index is -0.0208. The number of amides is 1. The maximum absolute atomic E-state index is 12.1. The second kappa shape index (κ2) is 13.8. The van der Waals surface area contributed by atoms with Crippen molar-refractivity contribution in [2.45, 2.75) is 52.0 Å². The van der Waals surface area contributed by atoms with Crippen molar-refractivity contribution < 1.29 is 9.53 Å². The van der Waals surface area contributed by atoms with E-state index in [2.05, 4.69) is 20.9 Å². The van der Waals surface area contributed by atoms with Gasteiger partial charge in [0.25, 0.3) is 5.91 Å². The Morgan fingerprint density at radius 2 is 1.97 bits per heavy atom. The molecular formula is C22H37IN4O2. The molecule has 0 saturated heterocycles. The fourth-order valence-electron chi connectivity index (χ4n) is 3.80. The Hall–Kier alpha value is -1.35. The van der Waals surface area contributed by atoms with Crippen molar-refractivity contribution in [3.63, 3.8) is 0 Å². The molecule has 0 radical (unpaired) electrons. The van der Waals surface area contributed by atoms with Crippen molar-refractivity contribution >= 4 is 35.8 Å². The molecule has 1 fully saturated rings. The average molecular weight is 516 g/mol. The largest absolute Gasteiger partial charge is 0.385 e. The standard InChI is InChI=1S/C22H36N4O2.HI/c1-4-13-24-20(27)19-9-7-8-18(15-19)16-25-21(23-2)26-17-22(12-14-28-3)10-5-6-11-22;/h7-9,15H,4-6,10-14,16-17H2,1-3H3,(H,24,27)(H2,23,25,26);1H. The summed E-state index contributed by atoms with van der Waals surface area (Å²) < 4.78 is 5.32. The van der Waals surface area contributed by atoms with Gasteiger partial charge < -0.3 is 20.7 Å². The Labute approximate surface area is 192 Å². The number of aliphatic imine (C=N–C) groups is 1. The van der Waals surface area contributed by atoms with Crippen molar-refractivity contribution in [1.29, 1.82) is 0 Å². The number of methoxy groups -OCH3 is 1. The number of ether oxygens (including phenoxy) is 1. The first-order chi connectivity index (χ1) is 13.6. The highest BCUT2D eigenvalue weighted by Crippen LogP contribution is 2.40. The molecule has 1 aliphatic rings. The third kappa shape index (κ3) is 8.50. The van der Waals surface area contributed by atoms with E-state index in [0.29, 0.717) is 24.1 Å². The topological polar surface area (TPSA) is 74.8 Å². The molecular weight excluding hydrogens is 479 g/mol. The first-order valence-corrected chi connectivity index (χ1v) is 10.4. The number of carbonyl (C=O) groups excluding carboxylic acids is 1. The summed E-state index contributed by atoms with van der Waals surface area (Å²) in [6.07, 6.45) is 7.10. The van der Waals surface area contributed by atoms with Crippen LogP contribution in [0.1, 0.15) is 61.4 Å². The Bertz CT molecular complexity index is 645. The van der Waals surface area contributed by atoms with Gasteiger partial charge >= 0.3 is 0 Å². The van der Waals surface area contributed by atoms with Crippen LogP contribution in [0.25, 0.3) is 0 Å². The zero-order chi connectivity index (χ0) is 20.2. The fraction of sp³-hybridized carbons (Fsp3) is 0.636. The highest BCUT2D eigenvalue weighted by atomic mass is 127. The van der Waals surface area contributed by atoms with Crippen molar-refractivity contribution in [3.05, 3.63) is 35.4 Å². The summed E-state index contributed by atoms with van der Waals surface area (Å²) in [6, 6.07) is 7.73. The molecule has 1 saturated carbocycles. The van der Waals surface area contributed by atoms with Crippen LogP contribution in [0.4, 0.5) is 0 Å². The molecule has 29 heavy (non-hydrogen) atoms. The van der Waals surface area contributed by atoms with Crippen LogP contribution < -0.4 is 16.0 Å². The fourth-order valence-corrected chi connectivity index (χ4v) is 3.80. The molecule has 0 atom stereocenters. The molecule has 164 valence electrons. The lowest BCUT2D eigenvalue weighted by Gasteiger charge is -2.30. The Balaban J connectivity index is 0.00000420. The third-order valence-electron chi connectivity index (χ3n) is 5.54. The van der Waals surface area contributed by atoms with Crippen LogP contribution in [0.3, 0.4) is 0 Å². The van der Waals surface area contributed by atoms with Crippen molar-refractivity contribution in [2.24, 2.45) is 10.4 Å². The van der Waals surface area contributed by atoms with Crippen LogP contribution in [0.2, 0.25) is 0 Å². The maximum Gasteiger partial charge on any atom is 0.251 e. The summed E-state index contributed by atoms with van der Waals surface area (Å²) in [7, 11) is 3.56. The molecule has 1 aliphatic carbocycles. The van der Waals surface area contributed by atoms with Gasteiger partial charge in [-0.1, -0.05) is 31.9 Å². The zero-order valence-corrected chi connectivity index (χ0v) is 20.4. The highest BCUT2D eigenvalue weighted by molar-refractivity contribution is 14.0. The maximum atomic E-state index is 12.1. The Morgan fingerprint density at radius 1 is 1.21 bits per heavy atom. The number of hydrogen-bond acceptors (Lipinski definition) is 3.